The molecular weight excluding hydrogens is 398 g/mol. The van der Waals surface area contributed by atoms with Crippen LogP contribution in [0.15, 0.2) is 0 Å². The van der Waals surface area contributed by atoms with Gasteiger partial charge in [0.05, 0.1) is 6.07 Å². The second kappa shape index (κ2) is 10.8. The van der Waals surface area contributed by atoms with Gasteiger partial charge in [0, 0.05) is 31.8 Å². The fraction of sp³-hybridized carbons (Fsp3) is 0.818. The largest absolute Gasteiger partial charge is 0.465 e. The molecule has 4 N–H and O–H groups in total. The third kappa shape index (κ3) is 6.33. The minimum atomic E-state index is -1.09. The molecular formula is C22H35N5O4. The first-order valence-electron chi connectivity index (χ1n) is 11.6. The number of hydrogen-bond acceptors (Lipinski definition) is 5. The molecule has 0 aromatic carbocycles. The average Bonchev–Trinajstić information content (AvgIpc) is 2.80. The lowest BCUT2D eigenvalue weighted by Crippen LogP contribution is -2.60. The third-order valence-corrected chi connectivity index (χ3v) is 7.10. The Morgan fingerprint density at radius 3 is 2.32 bits per heavy atom. The zero-order chi connectivity index (χ0) is 22.3. The number of likely N-dealkylation sites (tertiary alicyclic amines) is 1. The smallest absolute Gasteiger partial charge is 0.407 e. The van der Waals surface area contributed by atoms with Gasteiger partial charge in [-0.3, -0.25) is 9.59 Å². The van der Waals surface area contributed by atoms with Gasteiger partial charge in [-0.05, 0) is 38.3 Å². The van der Waals surface area contributed by atoms with E-state index >= 15 is 0 Å². The number of carbonyl (C=O) groups excluding carboxylic acids is 2. The molecule has 1 unspecified atom stereocenters. The van der Waals surface area contributed by atoms with E-state index < -0.39 is 17.7 Å². The number of carbonyl (C=O) groups is 3. The average molecular weight is 434 g/mol. The van der Waals surface area contributed by atoms with Crippen molar-refractivity contribution in [2.45, 2.75) is 75.8 Å². The lowest BCUT2D eigenvalue weighted by molar-refractivity contribution is -0.133. The highest BCUT2D eigenvalue weighted by molar-refractivity contribution is 5.89. The van der Waals surface area contributed by atoms with Gasteiger partial charge in [-0.1, -0.05) is 32.1 Å². The van der Waals surface area contributed by atoms with Crippen LogP contribution in [0.5, 0.6) is 0 Å². The van der Waals surface area contributed by atoms with Crippen molar-refractivity contribution in [1.82, 2.24) is 20.9 Å². The maximum Gasteiger partial charge on any atom is 0.407 e. The Kier molecular flexibility index (Phi) is 8.13. The number of nitrogens with zero attached hydrogens (tertiary/aromatic N) is 2. The molecule has 2 saturated heterocycles. The molecule has 31 heavy (non-hydrogen) atoms. The van der Waals surface area contributed by atoms with E-state index in [2.05, 4.69) is 22.0 Å². The normalized spacial score (nSPS) is 23.4. The highest BCUT2D eigenvalue weighted by Crippen LogP contribution is 2.28. The fourth-order valence-electron chi connectivity index (χ4n) is 5.03. The van der Waals surface area contributed by atoms with Gasteiger partial charge < -0.3 is 26.0 Å². The van der Waals surface area contributed by atoms with Gasteiger partial charge >= 0.3 is 6.09 Å². The Balaban J connectivity index is 1.66. The first-order chi connectivity index (χ1) is 14.9. The van der Waals surface area contributed by atoms with Crippen LogP contribution in [0.2, 0.25) is 0 Å². The molecule has 0 bridgehead atoms. The van der Waals surface area contributed by atoms with Gasteiger partial charge in [-0.15, -0.1) is 0 Å². The summed E-state index contributed by atoms with van der Waals surface area (Å²) in [6.07, 6.45) is 7.23. The summed E-state index contributed by atoms with van der Waals surface area (Å²) in [5.74, 6) is -0.0984. The van der Waals surface area contributed by atoms with Crippen LogP contribution in [0.25, 0.3) is 0 Å². The lowest BCUT2D eigenvalue weighted by atomic mass is 9.83. The van der Waals surface area contributed by atoms with Gasteiger partial charge in [0.1, 0.15) is 11.6 Å². The standard InChI is InChI=1S/C22H35N5O4/c23-15-22(8-12-27(13-9-22)21(30)31)26-20(29)18(14-16-4-2-1-3-5-16)25-19(28)17-6-10-24-11-7-17/h16-18,24H,1-14H2,(H,25,28)(H,26,29)(H,30,31). The molecule has 0 radical (unpaired) electrons. The molecule has 0 aromatic rings. The summed E-state index contributed by atoms with van der Waals surface area (Å²) in [7, 11) is 0. The van der Waals surface area contributed by atoms with Gasteiger partial charge in [-0.25, -0.2) is 4.79 Å². The molecule has 2 aliphatic heterocycles. The summed E-state index contributed by atoms with van der Waals surface area (Å²) in [6, 6.07) is 1.55. The molecule has 2 heterocycles. The Morgan fingerprint density at radius 1 is 1.10 bits per heavy atom. The monoisotopic (exact) mass is 433 g/mol. The van der Waals surface area contributed by atoms with Crippen molar-refractivity contribution in [2.24, 2.45) is 11.8 Å². The minimum Gasteiger partial charge on any atom is -0.465 e. The number of piperidine rings is 2. The van der Waals surface area contributed by atoms with Crippen molar-refractivity contribution in [3.05, 3.63) is 0 Å². The van der Waals surface area contributed by atoms with Gasteiger partial charge in [0.2, 0.25) is 11.8 Å². The van der Waals surface area contributed by atoms with E-state index in [1.807, 2.05) is 0 Å². The zero-order valence-corrected chi connectivity index (χ0v) is 18.2. The summed E-state index contributed by atoms with van der Waals surface area (Å²) < 4.78 is 0. The van der Waals surface area contributed by atoms with Crippen LogP contribution in [-0.4, -0.2) is 65.7 Å². The zero-order valence-electron chi connectivity index (χ0n) is 18.2. The van der Waals surface area contributed by atoms with E-state index in [9.17, 15) is 19.6 Å². The van der Waals surface area contributed by atoms with Crippen LogP contribution in [0.1, 0.15) is 64.2 Å². The van der Waals surface area contributed by atoms with Gasteiger partial charge in [-0.2, -0.15) is 5.26 Å². The number of rotatable bonds is 6. The Hall–Kier alpha value is -2.34. The van der Waals surface area contributed by atoms with Crippen molar-refractivity contribution >= 4 is 17.9 Å². The topological polar surface area (TPSA) is 135 Å². The molecule has 0 spiro atoms. The maximum absolute atomic E-state index is 13.3. The summed E-state index contributed by atoms with van der Waals surface area (Å²) in [5.41, 5.74) is -1.09. The van der Waals surface area contributed by atoms with Crippen molar-refractivity contribution in [3.63, 3.8) is 0 Å². The molecule has 3 amide bonds. The number of nitriles is 1. The van der Waals surface area contributed by atoms with Crippen molar-refractivity contribution in [1.29, 1.82) is 5.26 Å². The van der Waals surface area contributed by atoms with E-state index in [0.717, 1.165) is 51.6 Å². The van der Waals surface area contributed by atoms with E-state index in [-0.39, 0.29) is 43.7 Å². The van der Waals surface area contributed by atoms with E-state index in [1.54, 1.807) is 0 Å². The summed E-state index contributed by atoms with van der Waals surface area (Å²) >= 11 is 0. The Morgan fingerprint density at radius 2 is 1.74 bits per heavy atom. The highest BCUT2D eigenvalue weighted by Gasteiger charge is 2.40. The summed E-state index contributed by atoms with van der Waals surface area (Å²) in [4.78, 5) is 38.6. The van der Waals surface area contributed by atoms with Gasteiger partial charge in [0.25, 0.3) is 0 Å². The van der Waals surface area contributed by atoms with Crippen LogP contribution in [-0.2, 0) is 9.59 Å². The van der Waals surface area contributed by atoms with Crippen molar-refractivity contribution in [2.75, 3.05) is 26.2 Å². The maximum atomic E-state index is 13.3. The van der Waals surface area contributed by atoms with E-state index in [4.69, 9.17) is 5.11 Å². The Bertz CT molecular complexity index is 687. The second-order valence-electron chi connectivity index (χ2n) is 9.28. The van der Waals surface area contributed by atoms with Crippen molar-refractivity contribution in [3.8, 4) is 6.07 Å². The quantitative estimate of drug-likeness (QED) is 0.502. The first kappa shape index (κ1) is 23.3. The number of amides is 3. The molecule has 1 aliphatic carbocycles. The highest BCUT2D eigenvalue weighted by atomic mass is 16.4. The minimum absolute atomic E-state index is 0.0795. The molecule has 0 aromatic heterocycles. The number of nitrogens with one attached hydrogen (secondary N) is 3. The summed E-state index contributed by atoms with van der Waals surface area (Å²) in [5, 5.41) is 28.1. The SMILES string of the molecule is N#CC1(NC(=O)C(CC2CCCCC2)NC(=O)C2CCNCC2)CCN(C(=O)O)CC1. The molecule has 3 rings (SSSR count). The lowest BCUT2D eigenvalue weighted by Gasteiger charge is -2.38. The van der Waals surface area contributed by atoms with Crippen LogP contribution < -0.4 is 16.0 Å². The number of carboxylic acid groups (broad SMARTS) is 1. The number of hydrogen-bond donors (Lipinski definition) is 4. The van der Waals surface area contributed by atoms with E-state index in [0.29, 0.717) is 12.3 Å². The third-order valence-electron chi connectivity index (χ3n) is 7.10. The molecule has 1 saturated carbocycles. The van der Waals surface area contributed by atoms with Crippen LogP contribution in [0.4, 0.5) is 4.79 Å². The summed E-state index contributed by atoms with van der Waals surface area (Å²) in [6.45, 7) is 2.01. The van der Waals surface area contributed by atoms with Crippen LogP contribution in [0.3, 0.4) is 0 Å². The molecule has 3 aliphatic rings. The predicted octanol–water partition coefficient (Wildman–Crippen LogP) is 1.59. The molecule has 1 atom stereocenters. The molecule has 3 fully saturated rings. The second-order valence-corrected chi connectivity index (χ2v) is 9.28. The van der Waals surface area contributed by atoms with Crippen molar-refractivity contribution < 1.29 is 19.5 Å². The molecule has 9 heteroatoms. The molecule has 9 nitrogen and oxygen atoms in total. The first-order valence-corrected chi connectivity index (χ1v) is 11.6. The fourth-order valence-corrected chi connectivity index (χ4v) is 5.03. The van der Waals surface area contributed by atoms with Crippen LogP contribution in [0, 0.1) is 23.2 Å². The van der Waals surface area contributed by atoms with E-state index in [1.165, 1.54) is 11.3 Å². The Labute approximate surface area is 183 Å². The van der Waals surface area contributed by atoms with Crippen LogP contribution >= 0.6 is 0 Å². The van der Waals surface area contributed by atoms with Gasteiger partial charge in [0.15, 0.2) is 0 Å². The predicted molar refractivity (Wildman–Crippen MR) is 114 cm³/mol. The molecule has 172 valence electrons.